The summed E-state index contributed by atoms with van der Waals surface area (Å²) in [6.45, 7) is -1.44. The van der Waals surface area contributed by atoms with Gasteiger partial charge in [-0.15, -0.1) is 0 Å². The van der Waals surface area contributed by atoms with E-state index in [0.29, 0.717) is 22.5 Å². The van der Waals surface area contributed by atoms with Gasteiger partial charge in [0.05, 0.1) is 5.69 Å². The van der Waals surface area contributed by atoms with Crippen LogP contribution in [0.5, 0.6) is 0 Å². The number of nitrogens with zero attached hydrogens (tertiary/aromatic N) is 1. The number of amides is 2. The lowest BCUT2D eigenvalue weighted by molar-refractivity contribution is -0.123. The van der Waals surface area contributed by atoms with E-state index >= 15 is 0 Å². The van der Waals surface area contributed by atoms with E-state index in [9.17, 15) is 22.8 Å². The fraction of sp³-hybridized carbons (Fsp3) is 0.316. The third-order valence-electron chi connectivity index (χ3n) is 4.29. The molecule has 2 aromatic rings. The van der Waals surface area contributed by atoms with Crippen molar-refractivity contribution < 1.29 is 22.8 Å². The van der Waals surface area contributed by atoms with Gasteiger partial charge in [0.2, 0.25) is 5.91 Å². The average molecular weight is 392 g/mol. The maximum Gasteiger partial charge on any atom is 0.405 e. The zero-order chi connectivity index (χ0) is 20.3. The van der Waals surface area contributed by atoms with Gasteiger partial charge in [0.1, 0.15) is 6.54 Å². The molecule has 28 heavy (non-hydrogen) atoms. The fourth-order valence-corrected chi connectivity index (χ4v) is 2.68. The summed E-state index contributed by atoms with van der Waals surface area (Å²) in [6, 6.07) is 7.97. The number of hydrogen-bond acceptors (Lipinski definition) is 4. The number of carbonyl (C=O) groups excluding carboxylic acids is 2. The summed E-state index contributed by atoms with van der Waals surface area (Å²) in [4.78, 5) is 28.2. The van der Waals surface area contributed by atoms with Crippen molar-refractivity contribution in [3.63, 3.8) is 0 Å². The highest BCUT2D eigenvalue weighted by molar-refractivity contribution is 5.96. The van der Waals surface area contributed by atoms with E-state index in [1.165, 1.54) is 6.07 Å². The summed E-state index contributed by atoms with van der Waals surface area (Å²) in [5, 5.41) is 4.67. The molecular weight excluding hydrogens is 373 g/mol. The molecule has 0 atom stereocenters. The third-order valence-corrected chi connectivity index (χ3v) is 4.29. The van der Waals surface area contributed by atoms with E-state index in [-0.39, 0.29) is 23.9 Å². The highest BCUT2D eigenvalue weighted by Crippen LogP contribution is 2.30. The molecule has 1 aromatic heterocycles. The number of nitrogens with one attached hydrogen (secondary N) is 2. The molecule has 2 amide bonds. The molecule has 4 N–H and O–H groups in total. The second-order valence-electron chi connectivity index (χ2n) is 6.57. The molecule has 0 bridgehead atoms. The largest absolute Gasteiger partial charge is 0.405 e. The zero-order valence-electron chi connectivity index (χ0n) is 14.8. The number of pyridine rings is 1. The van der Waals surface area contributed by atoms with Crippen molar-refractivity contribution in [1.82, 2.24) is 10.3 Å². The molecule has 0 saturated heterocycles. The van der Waals surface area contributed by atoms with Gasteiger partial charge in [-0.25, -0.2) is 0 Å². The van der Waals surface area contributed by atoms with E-state index in [1.807, 2.05) is 5.32 Å². The minimum absolute atomic E-state index is 0.0271. The van der Waals surface area contributed by atoms with Crippen molar-refractivity contribution in [2.24, 2.45) is 11.7 Å². The second kappa shape index (κ2) is 7.97. The van der Waals surface area contributed by atoms with Crippen molar-refractivity contribution in [2.75, 3.05) is 11.9 Å². The van der Waals surface area contributed by atoms with Crippen molar-refractivity contribution in [3.8, 4) is 11.3 Å². The Morgan fingerprint density at radius 1 is 1.18 bits per heavy atom. The molecule has 0 unspecified atom stereocenters. The summed E-state index contributed by atoms with van der Waals surface area (Å²) >= 11 is 0. The molecule has 0 spiro atoms. The van der Waals surface area contributed by atoms with Crippen LogP contribution in [0.4, 0.5) is 18.9 Å². The Balaban J connectivity index is 1.79. The topological polar surface area (TPSA) is 97.1 Å². The van der Waals surface area contributed by atoms with Gasteiger partial charge in [0.25, 0.3) is 5.91 Å². The van der Waals surface area contributed by atoms with Crippen molar-refractivity contribution in [2.45, 2.75) is 25.6 Å². The Bertz CT molecular complexity index is 895. The van der Waals surface area contributed by atoms with Gasteiger partial charge in [-0.3, -0.25) is 14.6 Å². The van der Waals surface area contributed by atoms with E-state index in [0.717, 1.165) is 12.8 Å². The molecule has 6 nitrogen and oxygen atoms in total. The van der Waals surface area contributed by atoms with Crippen LogP contribution in [0.2, 0.25) is 0 Å². The maximum atomic E-state index is 12.3. The zero-order valence-corrected chi connectivity index (χ0v) is 14.8. The van der Waals surface area contributed by atoms with E-state index in [4.69, 9.17) is 5.73 Å². The van der Waals surface area contributed by atoms with Crippen LogP contribution >= 0.6 is 0 Å². The summed E-state index contributed by atoms with van der Waals surface area (Å²) in [5.41, 5.74) is 7.93. The van der Waals surface area contributed by atoms with Crippen molar-refractivity contribution in [1.29, 1.82) is 0 Å². The molecule has 1 aliphatic rings. The average Bonchev–Trinajstić information content (AvgIpc) is 3.50. The van der Waals surface area contributed by atoms with Gasteiger partial charge >= 0.3 is 6.18 Å². The minimum Gasteiger partial charge on any atom is -0.343 e. The number of hydrogen-bond donors (Lipinski definition) is 3. The normalized spacial score (nSPS) is 13.9. The fourth-order valence-electron chi connectivity index (χ4n) is 2.68. The Morgan fingerprint density at radius 2 is 1.93 bits per heavy atom. The number of halogens is 3. The molecule has 1 fully saturated rings. The Morgan fingerprint density at radius 3 is 2.57 bits per heavy atom. The number of carbonyl (C=O) groups is 2. The number of alkyl halides is 3. The first-order valence-corrected chi connectivity index (χ1v) is 8.72. The number of benzene rings is 1. The highest BCUT2D eigenvalue weighted by Gasteiger charge is 2.30. The third kappa shape index (κ3) is 5.07. The molecule has 1 aromatic carbocycles. The second-order valence-corrected chi connectivity index (χ2v) is 6.57. The molecule has 1 aliphatic carbocycles. The standard InChI is InChI=1S/C19H19F3N4O2/c20-19(21,22)10-25-18(28)15-4-3-12(7-13(15)9-23)16-8-14(5-6-24-16)26-17(27)11-1-2-11/h3-8,11H,1-2,9-10,23H2,(H,25,28)(H,24,26,27). The lowest BCUT2D eigenvalue weighted by Crippen LogP contribution is -2.34. The van der Waals surface area contributed by atoms with Gasteiger partial charge in [0, 0.05) is 35.5 Å². The summed E-state index contributed by atoms with van der Waals surface area (Å²) < 4.78 is 36.9. The number of aromatic nitrogens is 1. The molecule has 1 saturated carbocycles. The van der Waals surface area contributed by atoms with Crippen molar-refractivity contribution in [3.05, 3.63) is 47.7 Å². The molecule has 0 aliphatic heterocycles. The van der Waals surface area contributed by atoms with Crippen molar-refractivity contribution >= 4 is 17.5 Å². The van der Waals surface area contributed by atoms with Crippen LogP contribution in [0.25, 0.3) is 11.3 Å². The predicted molar refractivity (Wildman–Crippen MR) is 97.3 cm³/mol. The highest BCUT2D eigenvalue weighted by atomic mass is 19.4. The van der Waals surface area contributed by atoms with Crippen LogP contribution in [-0.2, 0) is 11.3 Å². The molecule has 1 heterocycles. The maximum absolute atomic E-state index is 12.3. The monoisotopic (exact) mass is 392 g/mol. The summed E-state index contributed by atoms with van der Waals surface area (Å²) in [6.07, 6.45) is -1.17. The van der Waals surface area contributed by atoms with Crippen LogP contribution in [0, 0.1) is 5.92 Å². The predicted octanol–water partition coefficient (Wildman–Crippen LogP) is 2.85. The quantitative estimate of drug-likeness (QED) is 0.704. The van der Waals surface area contributed by atoms with Gasteiger partial charge in [-0.2, -0.15) is 13.2 Å². The smallest absolute Gasteiger partial charge is 0.343 e. The van der Waals surface area contributed by atoms with Gasteiger partial charge in [0.15, 0.2) is 0 Å². The molecular formula is C19H19F3N4O2. The Labute approximate surface area is 159 Å². The van der Waals surface area contributed by atoms with Gasteiger partial charge in [-0.05, 0) is 42.7 Å². The molecule has 3 rings (SSSR count). The van der Waals surface area contributed by atoms with Gasteiger partial charge in [-0.1, -0.05) is 6.07 Å². The first-order chi connectivity index (χ1) is 13.3. The number of anilines is 1. The van der Waals surface area contributed by atoms with Crippen LogP contribution < -0.4 is 16.4 Å². The van der Waals surface area contributed by atoms with Crippen LogP contribution in [0.15, 0.2) is 36.5 Å². The summed E-state index contributed by atoms with van der Waals surface area (Å²) in [5.74, 6) is -0.811. The Kier molecular flexibility index (Phi) is 5.64. The Hall–Kier alpha value is -2.94. The minimum atomic E-state index is -4.49. The van der Waals surface area contributed by atoms with E-state index in [2.05, 4.69) is 10.3 Å². The van der Waals surface area contributed by atoms with E-state index in [1.54, 1.807) is 30.5 Å². The van der Waals surface area contributed by atoms with Crippen LogP contribution in [0.3, 0.4) is 0 Å². The lowest BCUT2D eigenvalue weighted by Gasteiger charge is -2.13. The molecule has 148 valence electrons. The lowest BCUT2D eigenvalue weighted by atomic mass is 10.0. The van der Waals surface area contributed by atoms with Crippen LogP contribution in [-0.4, -0.2) is 29.5 Å². The number of nitrogens with two attached hydrogens (primary N) is 1. The molecule has 0 radical (unpaired) electrons. The van der Waals surface area contributed by atoms with E-state index < -0.39 is 18.6 Å². The first kappa shape index (κ1) is 19.8. The SMILES string of the molecule is NCc1cc(-c2cc(NC(=O)C3CC3)ccn2)ccc1C(=O)NCC(F)(F)F. The molecule has 9 heteroatoms. The van der Waals surface area contributed by atoms with Crippen LogP contribution in [0.1, 0.15) is 28.8 Å². The number of rotatable bonds is 6. The first-order valence-electron chi connectivity index (χ1n) is 8.72. The summed E-state index contributed by atoms with van der Waals surface area (Å²) in [7, 11) is 0. The van der Waals surface area contributed by atoms with Gasteiger partial charge < -0.3 is 16.4 Å².